The molecule has 0 saturated carbocycles. The molecule has 0 radical (unpaired) electrons. The number of hydrogen-bond acceptors (Lipinski definition) is 6. The molecule has 1 unspecified atom stereocenters. The number of methoxy groups -OCH3 is 2. The number of halogens is 1. The summed E-state index contributed by atoms with van der Waals surface area (Å²) in [6.45, 7) is 1.85. The van der Waals surface area contributed by atoms with Crippen molar-refractivity contribution in [3.05, 3.63) is 44.7 Å². The van der Waals surface area contributed by atoms with Crippen molar-refractivity contribution in [2.24, 2.45) is 0 Å². The Morgan fingerprint density at radius 1 is 1.28 bits per heavy atom. The fourth-order valence-corrected chi connectivity index (χ4v) is 3.46. The predicted octanol–water partition coefficient (Wildman–Crippen LogP) is 2.65. The van der Waals surface area contributed by atoms with Crippen LogP contribution in [0.2, 0.25) is 0 Å². The van der Waals surface area contributed by atoms with Crippen LogP contribution < -0.4 is 15.1 Å². The number of ether oxygens (including phenoxy) is 2. The van der Waals surface area contributed by atoms with Crippen LogP contribution in [0.4, 0.5) is 0 Å². The third kappa shape index (κ3) is 3.89. The minimum atomic E-state index is -0.374. The molecule has 134 valence electrons. The second-order valence-corrected chi connectivity index (χ2v) is 6.83. The highest BCUT2D eigenvalue weighted by Gasteiger charge is 2.21. The first-order chi connectivity index (χ1) is 12.0. The van der Waals surface area contributed by atoms with Crippen LogP contribution in [0.1, 0.15) is 12.0 Å². The van der Waals surface area contributed by atoms with E-state index in [1.807, 2.05) is 4.90 Å². The Morgan fingerprint density at radius 3 is 2.60 bits per heavy atom. The molecule has 1 aliphatic rings. The summed E-state index contributed by atoms with van der Waals surface area (Å²) in [5.41, 5.74) is 0.910. The highest BCUT2D eigenvalue weighted by Crippen LogP contribution is 2.38. The van der Waals surface area contributed by atoms with Gasteiger partial charge in [0, 0.05) is 29.7 Å². The quantitative estimate of drug-likeness (QED) is 0.818. The van der Waals surface area contributed by atoms with Gasteiger partial charge in [-0.05, 0) is 46.6 Å². The molecular formula is C18H20BrNO5. The molecule has 1 fully saturated rings. The average Bonchev–Trinajstić information content (AvgIpc) is 3.01. The summed E-state index contributed by atoms with van der Waals surface area (Å²) in [5.74, 6) is 1.59. The topological polar surface area (TPSA) is 72.1 Å². The Morgan fingerprint density at radius 2 is 2.00 bits per heavy atom. The lowest BCUT2D eigenvalue weighted by Gasteiger charge is -2.14. The van der Waals surface area contributed by atoms with Gasteiger partial charge in [-0.15, -0.1) is 0 Å². The zero-order valence-corrected chi connectivity index (χ0v) is 15.7. The number of likely N-dealkylation sites (tertiary alicyclic amines) is 1. The van der Waals surface area contributed by atoms with Crippen LogP contribution in [0.5, 0.6) is 11.5 Å². The Kier molecular flexibility index (Phi) is 5.46. The summed E-state index contributed by atoms with van der Waals surface area (Å²) in [7, 11) is 3.12. The van der Waals surface area contributed by atoms with E-state index in [1.165, 1.54) is 0 Å². The molecule has 1 aliphatic heterocycles. The lowest BCUT2D eigenvalue weighted by atomic mass is 10.1. The first-order valence-corrected chi connectivity index (χ1v) is 8.76. The molecule has 2 aromatic rings. The van der Waals surface area contributed by atoms with Crippen molar-refractivity contribution >= 4 is 15.9 Å². The summed E-state index contributed by atoms with van der Waals surface area (Å²) in [5, 5.41) is 9.59. The third-order valence-corrected chi connectivity index (χ3v) is 4.94. The molecule has 7 heteroatoms. The molecule has 6 nitrogen and oxygen atoms in total. The number of nitrogens with zero attached hydrogens (tertiary/aromatic N) is 1. The monoisotopic (exact) mass is 409 g/mol. The maximum absolute atomic E-state index is 12.3. The van der Waals surface area contributed by atoms with Crippen molar-refractivity contribution in [1.82, 2.24) is 4.90 Å². The summed E-state index contributed by atoms with van der Waals surface area (Å²) < 4.78 is 16.8. The fraction of sp³-hybridized carbons (Fsp3) is 0.389. The molecule has 1 N–H and O–H groups in total. The highest BCUT2D eigenvalue weighted by molar-refractivity contribution is 9.10. The van der Waals surface area contributed by atoms with E-state index in [-0.39, 0.29) is 11.7 Å². The zero-order valence-electron chi connectivity index (χ0n) is 14.1. The van der Waals surface area contributed by atoms with Crippen molar-refractivity contribution in [2.75, 3.05) is 27.3 Å². The highest BCUT2D eigenvalue weighted by atomic mass is 79.9. The van der Waals surface area contributed by atoms with Crippen molar-refractivity contribution in [1.29, 1.82) is 0 Å². The van der Waals surface area contributed by atoms with E-state index in [2.05, 4.69) is 15.9 Å². The summed E-state index contributed by atoms with van der Waals surface area (Å²) >= 11 is 3.48. The normalized spacial score (nSPS) is 17.7. The minimum Gasteiger partial charge on any atom is -0.493 e. The van der Waals surface area contributed by atoms with Gasteiger partial charge in [-0.25, -0.2) is 4.79 Å². The number of aliphatic hydroxyl groups excluding tert-OH is 1. The zero-order chi connectivity index (χ0) is 18.0. The van der Waals surface area contributed by atoms with Gasteiger partial charge in [0.05, 0.1) is 25.9 Å². The first-order valence-electron chi connectivity index (χ1n) is 7.97. The lowest BCUT2D eigenvalue weighted by Crippen LogP contribution is -2.24. The molecule has 0 spiro atoms. The molecule has 1 aromatic carbocycles. The van der Waals surface area contributed by atoms with Crippen LogP contribution in [-0.2, 0) is 6.54 Å². The van der Waals surface area contributed by atoms with Gasteiger partial charge in [-0.2, -0.15) is 0 Å². The van der Waals surface area contributed by atoms with Gasteiger partial charge in [0.15, 0.2) is 11.5 Å². The van der Waals surface area contributed by atoms with E-state index in [0.29, 0.717) is 41.5 Å². The van der Waals surface area contributed by atoms with Crippen LogP contribution >= 0.6 is 15.9 Å². The van der Waals surface area contributed by atoms with Crippen LogP contribution in [-0.4, -0.2) is 43.4 Å². The van der Waals surface area contributed by atoms with Crippen molar-refractivity contribution in [2.45, 2.75) is 19.1 Å². The van der Waals surface area contributed by atoms with E-state index >= 15 is 0 Å². The fourth-order valence-electron chi connectivity index (χ4n) is 2.95. The molecule has 1 atom stereocenters. The van der Waals surface area contributed by atoms with Gasteiger partial charge in [0.25, 0.3) is 0 Å². The molecule has 25 heavy (non-hydrogen) atoms. The van der Waals surface area contributed by atoms with Crippen LogP contribution in [0.15, 0.2) is 37.9 Å². The standard InChI is InChI=1S/C18H20BrNO5/c1-23-16-7-13(14(19)8-17(16)24-2)15-4-3-11(18(22)25-15)9-20-6-5-12(21)10-20/h3-4,7-8,12,21H,5-6,9-10H2,1-2H3. The summed E-state index contributed by atoms with van der Waals surface area (Å²) in [6, 6.07) is 7.08. The van der Waals surface area contributed by atoms with Gasteiger partial charge >= 0.3 is 5.63 Å². The van der Waals surface area contributed by atoms with E-state index in [1.54, 1.807) is 38.5 Å². The predicted molar refractivity (Wildman–Crippen MR) is 97.1 cm³/mol. The molecular weight excluding hydrogens is 390 g/mol. The number of β-amino-alcohol motifs (C(OH)–C–C–N with tert-alkyl or cyclic N) is 1. The van der Waals surface area contributed by atoms with Crippen LogP contribution in [0, 0.1) is 0 Å². The number of benzene rings is 1. The van der Waals surface area contributed by atoms with Crippen LogP contribution in [0.25, 0.3) is 11.3 Å². The van der Waals surface area contributed by atoms with Gasteiger partial charge in [-0.3, -0.25) is 4.90 Å². The largest absolute Gasteiger partial charge is 0.493 e. The van der Waals surface area contributed by atoms with Crippen molar-refractivity contribution in [3.63, 3.8) is 0 Å². The van der Waals surface area contributed by atoms with E-state index in [0.717, 1.165) is 17.4 Å². The van der Waals surface area contributed by atoms with Crippen molar-refractivity contribution in [3.8, 4) is 22.8 Å². The molecule has 0 aliphatic carbocycles. The molecule has 0 bridgehead atoms. The van der Waals surface area contributed by atoms with Crippen LogP contribution in [0.3, 0.4) is 0 Å². The Bertz CT molecular complexity index is 820. The Balaban J connectivity index is 1.89. The minimum absolute atomic E-state index is 0.311. The average molecular weight is 410 g/mol. The maximum atomic E-state index is 12.3. The second kappa shape index (κ2) is 7.59. The SMILES string of the molecule is COc1cc(Br)c(-c2ccc(CN3CCC(O)C3)c(=O)o2)cc1OC. The molecule has 0 amide bonds. The van der Waals surface area contributed by atoms with Gasteiger partial charge in [-0.1, -0.05) is 0 Å². The smallest absolute Gasteiger partial charge is 0.340 e. The summed E-state index contributed by atoms with van der Waals surface area (Å²) in [4.78, 5) is 14.4. The molecule has 1 saturated heterocycles. The molecule has 1 aromatic heterocycles. The second-order valence-electron chi connectivity index (χ2n) is 5.98. The number of aliphatic hydroxyl groups is 1. The van der Waals surface area contributed by atoms with Gasteiger partial charge < -0.3 is 19.0 Å². The molecule has 3 rings (SSSR count). The van der Waals surface area contributed by atoms with E-state index < -0.39 is 0 Å². The number of hydrogen-bond donors (Lipinski definition) is 1. The maximum Gasteiger partial charge on any atom is 0.340 e. The third-order valence-electron chi connectivity index (χ3n) is 4.28. The van der Waals surface area contributed by atoms with E-state index in [9.17, 15) is 9.90 Å². The lowest BCUT2D eigenvalue weighted by molar-refractivity contribution is 0.174. The Labute approximate surface area is 154 Å². The van der Waals surface area contributed by atoms with E-state index in [4.69, 9.17) is 13.9 Å². The Hall–Kier alpha value is -1.83. The first kappa shape index (κ1) is 18.0. The van der Waals surface area contributed by atoms with Crippen molar-refractivity contribution < 1.29 is 19.0 Å². The summed E-state index contributed by atoms with van der Waals surface area (Å²) in [6.07, 6.45) is 0.427. The molecule has 2 heterocycles. The number of rotatable bonds is 5. The van der Waals surface area contributed by atoms with Gasteiger partial charge in [0.2, 0.25) is 0 Å². The van der Waals surface area contributed by atoms with Gasteiger partial charge in [0.1, 0.15) is 5.76 Å².